The van der Waals surface area contributed by atoms with E-state index in [-0.39, 0.29) is 0 Å². The fourth-order valence-electron chi connectivity index (χ4n) is 1.96. The zero-order valence-corrected chi connectivity index (χ0v) is 10.1. The Morgan fingerprint density at radius 1 is 1.25 bits per heavy atom. The maximum Gasteiger partial charge on any atom is 0.152 e. The third kappa shape index (κ3) is 2.36. The third-order valence-electron chi connectivity index (χ3n) is 2.96. The highest BCUT2D eigenvalue weighted by Crippen LogP contribution is 2.23. The molecule has 0 bridgehead atoms. The molecule has 0 N–H and O–H groups in total. The van der Waals surface area contributed by atoms with Crippen LogP contribution in [0.15, 0.2) is 18.2 Å². The van der Waals surface area contributed by atoms with Crippen LogP contribution in [0, 0.1) is 0 Å². The van der Waals surface area contributed by atoms with Gasteiger partial charge in [0.25, 0.3) is 0 Å². The van der Waals surface area contributed by atoms with E-state index in [9.17, 15) is 4.79 Å². The van der Waals surface area contributed by atoms with E-state index in [0.717, 1.165) is 38.2 Å². The van der Waals surface area contributed by atoms with Crippen molar-refractivity contribution in [2.45, 2.75) is 0 Å². The SMILES string of the molecule is CN1CCN(c2ccc(Cl)cc2C=O)CC1. The monoisotopic (exact) mass is 238 g/mol. The van der Waals surface area contributed by atoms with Gasteiger partial charge in [0.15, 0.2) is 6.29 Å². The highest BCUT2D eigenvalue weighted by Gasteiger charge is 2.16. The van der Waals surface area contributed by atoms with Crippen LogP contribution in [0.25, 0.3) is 0 Å². The highest BCUT2D eigenvalue weighted by atomic mass is 35.5. The van der Waals surface area contributed by atoms with Crippen molar-refractivity contribution in [1.29, 1.82) is 0 Å². The van der Waals surface area contributed by atoms with E-state index >= 15 is 0 Å². The number of piperazine rings is 1. The van der Waals surface area contributed by atoms with Crippen LogP contribution in [-0.2, 0) is 0 Å². The minimum atomic E-state index is 0.611. The second-order valence-electron chi connectivity index (χ2n) is 4.11. The van der Waals surface area contributed by atoms with Gasteiger partial charge in [0.1, 0.15) is 0 Å². The summed E-state index contributed by atoms with van der Waals surface area (Å²) in [5.41, 5.74) is 1.67. The smallest absolute Gasteiger partial charge is 0.152 e. The van der Waals surface area contributed by atoms with Gasteiger partial charge in [0.2, 0.25) is 0 Å². The lowest BCUT2D eigenvalue weighted by atomic mass is 10.1. The lowest BCUT2D eigenvalue weighted by Crippen LogP contribution is -2.44. The summed E-state index contributed by atoms with van der Waals surface area (Å²) in [6, 6.07) is 5.49. The number of hydrogen-bond acceptors (Lipinski definition) is 3. The first kappa shape index (κ1) is 11.4. The lowest BCUT2D eigenvalue weighted by Gasteiger charge is -2.34. The number of carbonyl (C=O) groups excluding carboxylic acids is 1. The summed E-state index contributed by atoms with van der Waals surface area (Å²) in [6.07, 6.45) is 0.875. The molecule has 4 heteroatoms. The molecule has 1 aromatic rings. The lowest BCUT2D eigenvalue weighted by molar-refractivity contribution is 0.112. The van der Waals surface area contributed by atoms with Crippen molar-refractivity contribution < 1.29 is 4.79 Å². The number of halogens is 1. The first-order valence-electron chi connectivity index (χ1n) is 5.39. The molecular weight excluding hydrogens is 224 g/mol. The van der Waals surface area contributed by atoms with Crippen LogP contribution in [0.3, 0.4) is 0 Å². The first-order valence-corrected chi connectivity index (χ1v) is 5.77. The van der Waals surface area contributed by atoms with E-state index in [2.05, 4.69) is 16.8 Å². The van der Waals surface area contributed by atoms with Crippen LogP contribution in [0.5, 0.6) is 0 Å². The average molecular weight is 239 g/mol. The van der Waals surface area contributed by atoms with Crippen LogP contribution in [0.1, 0.15) is 10.4 Å². The summed E-state index contributed by atoms with van der Waals surface area (Å²) in [4.78, 5) is 15.5. The number of carbonyl (C=O) groups is 1. The van der Waals surface area contributed by atoms with Gasteiger partial charge in [-0.2, -0.15) is 0 Å². The van der Waals surface area contributed by atoms with Gasteiger partial charge in [-0.25, -0.2) is 0 Å². The number of anilines is 1. The summed E-state index contributed by atoms with van der Waals surface area (Å²) >= 11 is 5.87. The number of benzene rings is 1. The number of nitrogens with zero attached hydrogens (tertiary/aromatic N) is 2. The Labute approximate surface area is 101 Å². The molecule has 3 nitrogen and oxygen atoms in total. The second-order valence-corrected chi connectivity index (χ2v) is 4.55. The van der Waals surface area contributed by atoms with Crippen LogP contribution in [-0.4, -0.2) is 44.4 Å². The molecule has 0 radical (unpaired) electrons. The third-order valence-corrected chi connectivity index (χ3v) is 3.20. The fraction of sp³-hybridized carbons (Fsp3) is 0.417. The average Bonchev–Trinajstić information content (AvgIpc) is 2.30. The summed E-state index contributed by atoms with van der Waals surface area (Å²) in [6.45, 7) is 3.97. The van der Waals surface area contributed by atoms with Crippen molar-refractivity contribution in [2.24, 2.45) is 0 Å². The Morgan fingerprint density at radius 3 is 2.56 bits per heavy atom. The molecule has 0 aromatic heterocycles. The summed E-state index contributed by atoms with van der Waals surface area (Å²) in [5, 5.41) is 0.611. The molecule has 1 aromatic carbocycles. The molecule has 1 fully saturated rings. The molecule has 0 saturated carbocycles. The molecule has 1 aliphatic rings. The molecular formula is C12H15ClN2O. The quantitative estimate of drug-likeness (QED) is 0.736. The molecule has 1 aliphatic heterocycles. The molecule has 0 atom stereocenters. The minimum Gasteiger partial charge on any atom is -0.368 e. The van der Waals surface area contributed by atoms with Crippen LogP contribution < -0.4 is 4.90 Å². The van der Waals surface area contributed by atoms with Crippen LogP contribution >= 0.6 is 11.6 Å². The molecule has 0 amide bonds. The Morgan fingerprint density at radius 2 is 1.94 bits per heavy atom. The fourth-order valence-corrected chi connectivity index (χ4v) is 2.14. The van der Waals surface area contributed by atoms with Crippen LogP contribution in [0.2, 0.25) is 5.02 Å². The summed E-state index contributed by atoms with van der Waals surface area (Å²) in [7, 11) is 2.11. The van der Waals surface area contributed by atoms with Crippen molar-refractivity contribution in [3.63, 3.8) is 0 Å². The molecule has 16 heavy (non-hydrogen) atoms. The summed E-state index contributed by atoms with van der Waals surface area (Å²) in [5.74, 6) is 0. The van der Waals surface area contributed by atoms with E-state index in [0.29, 0.717) is 10.6 Å². The van der Waals surface area contributed by atoms with Crippen LogP contribution in [0.4, 0.5) is 5.69 Å². The molecule has 0 spiro atoms. The second kappa shape index (κ2) is 4.85. The van der Waals surface area contributed by atoms with E-state index < -0.39 is 0 Å². The zero-order chi connectivity index (χ0) is 11.5. The maximum absolute atomic E-state index is 11.0. The number of likely N-dealkylation sites (N-methyl/N-ethyl adjacent to an activating group) is 1. The van der Waals surface area contributed by atoms with Gasteiger partial charge in [-0.05, 0) is 25.2 Å². The first-order chi connectivity index (χ1) is 7.70. The number of rotatable bonds is 2. The normalized spacial score (nSPS) is 17.5. The minimum absolute atomic E-state index is 0.611. The van der Waals surface area contributed by atoms with Gasteiger partial charge in [-0.3, -0.25) is 4.79 Å². The molecule has 0 aliphatic carbocycles. The van der Waals surface area contributed by atoms with E-state index in [1.807, 2.05) is 12.1 Å². The largest absolute Gasteiger partial charge is 0.368 e. The standard InChI is InChI=1S/C12H15ClN2O/c1-14-4-6-15(7-5-14)12-3-2-11(13)8-10(12)9-16/h2-3,8-9H,4-7H2,1H3. The maximum atomic E-state index is 11.0. The van der Waals surface area contributed by atoms with Gasteiger partial charge >= 0.3 is 0 Å². The Bertz CT molecular complexity index is 387. The van der Waals surface area contributed by atoms with Crippen molar-refractivity contribution in [2.75, 3.05) is 38.1 Å². The van der Waals surface area contributed by atoms with Crippen molar-refractivity contribution >= 4 is 23.6 Å². The number of aldehydes is 1. The van der Waals surface area contributed by atoms with Crippen molar-refractivity contribution in [3.8, 4) is 0 Å². The molecule has 0 unspecified atom stereocenters. The molecule has 86 valence electrons. The van der Waals surface area contributed by atoms with Gasteiger partial charge in [-0.15, -0.1) is 0 Å². The Kier molecular flexibility index (Phi) is 3.46. The highest BCUT2D eigenvalue weighted by molar-refractivity contribution is 6.31. The van der Waals surface area contributed by atoms with E-state index in [1.54, 1.807) is 6.07 Å². The van der Waals surface area contributed by atoms with Crippen molar-refractivity contribution in [1.82, 2.24) is 4.90 Å². The van der Waals surface area contributed by atoms with E-state index in [1.165, 1.54) is 0 Å². The molecule has 1 heterocycles. The van der Waals surface area contributed by atoms with Gasteiger partial charge in [-0.1, -0.05) is 11.6 Å². The van der Waals surface area contributed by atoms with E-state index in [4.69, 9.17) is 11.6 Å². The molecule has 2 rings (SSSR count). The van der Waals surface area contributed by atoms with Gasteiger partial charge < -0.3 is 9.80 Å². The topological polar surface area (TPSA) is 23.6 Å². The Hall–Kier alpha value is -1.06. The Balaban J connectivity index is 2.23. The van der Waals surface area contributed by atoms with Gasteiger partial charge in [0, 0.05) is 42.5 Å². The van der Waals surface area contributed by atoms with Crippen molar-refractivity contribution in [3.05, 3.63) is 28.8 Å². The predicted molar refractivity (Wildman–Crippen MR) is 66.5 cm³/mol. The predicted octanol–water partition coefficient (Wildman–Crippen LogP) is 1.90. The van der Waals surface area contributed by atoms with Gasteiger partial charge in [0.05, 0.1) is 0 Å². The zero-order valence-electron chi connectivity index (χ0n) is 9.32. The molecule has 1 saturated heterocycles. The summed E-state index contributed by atoms with van der Waals surface area (Å²) < 4.78 is 0. The number of hydrogen-bond donors (Lipinski definition) is 0.